The van der Waals surface area contributed by atoms with E-state index >= 15 is 0 Å². The third-order valence-corrected chi connectivity index (χ3v) is 3.99. The average molecular weight is 329 g/mol. The first-order valence-electron chi connectivity index (χ1n) is 6.52. The largest absolute Gasteiger partial charge is 0.378 e. The average Bonchev–Trinajstić information content (AvgIpc) is 2.75. The van der Waals surface area contributed by atoms with Crippen molar-refractivity contribution in [3.8, 4) is 5.95 Å². The molecule has 0 amide bonds. The number of aryl methyl sites for hydroxylation is 1. The van der Waals surface area contributed by atoms with Gasteiger partial charge in [0.05, 0.1) is 29.6 Å². The van der Waals surface area contributed by atoms with Crippen molar-refractivity contribution in [3.05, 3.63) is 21.7 Å². The molecule has 0 aliphatic carbocycles. The highest BCUT2D eigenvalue weighted by atomic mass is 35.5. The standard InChI is InChI=1S/C12H14Cl2N6O/c1-7-9(13)8(2)20(18-7)12-16-10(14)15-11(17-12)19-3-5-21-6-4-19/h3-6H2,1-2H3. The Labute approximate surface area is 131 Å². The van der Waals surface area contributed by atoms with Gasteiger partial charge in [-0.25, -0.2) is 4.68 Å². The van der Waals surface area contributed by atoms with Crippen LogP contribution in [0.2, 0.25) is 10.3 Å². The topological polar surface area (TPSA) is 69.0 Å². The Kier molecular flexibility index (Phi) is 3.97. The quantitative estimate of drug-likeness (QED) is 0.837. The Hall–Kier alpha value is -1.44. The van der Waals surface area contributed by atoms with Crippen LogP contribution in [-0.2, 0) is 4.74 Å². The Morgan fingerprint density at radius 2 is 1.67 bits per heavy atom. The fourth-order valence-electron chi connectivity index (χ4n) is 2.15. The fourth-order valence-corrected chi connectivity index (χ4v) is 2.42. The summed E-state index contributed by atoms with van der Waals surface area (Å²) in [5.41, 5.74) is 1.49. The summed E-state index contributed by atoms with van der Waals surface area (Å²) in [6, 6.07) is 0. The monoisotopic (exact) mass is 328 g/mol. The zero-order valence-corrected chi connectivity index (χ0v) is 13.2. The van der Waals surface area contributed by atoms with E-state index in [4.69, 9.17) is 27.9 Å². The van der Waals surface area contributed by atoms with E-state index in [0.717, 1.165) is 24.5 Å². The number of rotatable bonds is 2. The first kappa shape index (κ1) is 14.5. The molecule has 0 bridgehead atoms. The Bertz CT molecular complexity index is 668. The van der Waals surface area contributed by atoms with Crippen molar-refractivity contribution in [3.63, 3.8) is 0 Å². The number of hydrogen-bond acceptors (Lipinski definition) is 6. The molecule has 0 N–H and O–H groups in total. The Balaban J connectivity index is 2.02. The second kappa shape index (κ2) is 5.75. The van der Waals surface area contributed by atoms with Crippen molar-refractivity contribution < 1.29 is 4.74 Å². The number of hydrogen-bond donors (Lipinski definition) is 0. The van der Waals surface area contributed by atoms with Crippen molar-refractivity contribution in [2.45, 2.75) is 13.8 Å². The number of aromatic nitrogens is 5. The molecule has 0 radical (unpaired) electrons. The smallest absolute Gasteiger partial charge is 0.256 e. The van der Waals surface area contributed by atoms with E-state index in [1.165, 1.54) is 0 Å². The van der Waals surface area contributed by atoms with Gasteiger partial charge in [-0.1, -0.05) is 11.6 Å². The molecule has 3 heterocycles. The first-order valence-corrected chi connectivity index (χ1v) is 7.28. The second-order valence-electron chi connectivity index (χ2n) is 4.70. The highest BCUT2D eigenvalue weighted by Gasteiger charge is 2.19. The molecule has 3 rings (SSSR count). The van der Waals surface area contributed by atoms with Gasteiger partial charge in [0.15, 0.2) is 0 Å². The van der Waals surface area contributed by atoms with Gasteiger partial charge in [0, 0.05) is 13.1 Å². The third-order valence-electron chi connectivity index (χ3n) is 3.27. The van der Waals surface area contributed by atoms with Crippen LogP contribution in [0.25, 0.3) is 5.95 Å². The second-order valence-corrected chi connectivity index (χ2v) is 5.42. The molecule has 1 aliphatic rings. The van der Waals surface area contributed by atoms with Crippen LogP contribution in [0.1, 0.15) is 11.4 Å². The van der Waals surface area contributed by atoms with Gasteiger partial charge < -0.3 is 9.64 Å². The van der Waals surface area contributed by atoms with Crippen molar-refractivity contribution >= 4 is 29.2 Å². The summed E-state index contributed by atoms with van der Waals surface area (Å²) in [6.45, 7) is 6.41. The molecule has 2 aromatic rings. The van der Waals surface area contributed by atoms with Crippen LogP contribution in [-0.4, -0.2) is 51.0 Å². The number of anilines is 1. The zero-order valence-electron chi connectivity index (χ0n) is 11.7. The van der Waals surface area contributed by atoms with Crippen molar-refractivity contribution in [1.29, 1.82) is 0 Å². The van der Waals surface area contributed by atoms with Gasteiger partial charge >= 0.3 is 0 Å². The van der Waals surface area contributed by atoms with Crippen molar-refractivity contribution in [2.75, 3.05) is 31.2 Å². The fraction of sp³-hybridized carbons (Fsp3) is 0.500. The molecule has 1 aliphatic heterocycles. The molecule has 9 heteroatoms. The van der Waals surface area contributed by atoms with Crippen LogP contribution >= 0.6 is 23.2 Å². The summed E-state index contributed by atoms with van der Waals surface area (Å²) in [5, 5.41) is 5.06. The number of halogens is 2. The summed E-state index contributed by atoms with van der Waals surface area (Å²) in [7, 11) is 0. The number of nitrogens with zero attached hydrogens (tertiary/aromatic N) is 6. The molecular formula is C12H14Cl2N6O. The van der Waals surface area contributed by atoms with Crippen LogP contribution in [0.3, 0.4) is 0 Å². The molecule has 1 saturated heterocycles. The number of ether oxygens (including phenoxy) is 1. The maximum atomic E-state index is 6.16. The summed E-state index contributed by atoms with van der Waals surface area (Å²) >= 11 is 12.2. The molecule has 0 spiro atoms. The predicted octanol–water partition coefficient (Wildman–Crippen LogP) is 1.82. The van der Waals surface area contributed by atoms with Crippen molar-refractivity contribution in [2.24, 2.45) is 0 Å². The van der Waals surface area contributed by atoms with E-state index in [1.807, 2.05) is 18.7 Å². The highest BCUT2D eigenvalue weighted by Crippen LogP contribution is 2.22. The van der Waals surface area contributed by atoms with Crippen LogP contribution < -0.4 is 4.90 Å². The molecule has 1 fully saturated rings. The van der Waals surface area contributed by atoms with Gasteiger partial charge in [0.2, 0.25) is 11.2 Å². The Morgan fingerprint density at radius 1 is 1.00 bits per heavy atom. The lowest BCUT2D eigenvalue weighted by atomic mass is 10.4. The lowest BCUT2D eigenvalue weighted by Gasteiger charge is -2.26. The minimum atomic E-state index is 0.130. The summed E-state index contributed by atoms with van der Waals surface area (Å²) < 4.78 is 6.90. The molecule has 2 aromatic heterocycles. The van der Waals surface area contributed by atoms with Crippen LogP contribution in [0, 0.1) is 13.8 Å². The van der Waals surface area contributed by atoms with E-state index in [0.29, 0.717) is 30.1 Å². The normalized spacial score (nSPS) is 15.5. The minimum absolute atomic E-state index is 0.130. The third kappa shape index (κ3) is 2.81. The molecule has 0 aromatic carbocycles. The van der Waals surface area contributed by atoms with Crippen LogP contribution in [0.15, 0.2) is 0 Å². The van der Waals surface area contributed by atoms with Gasteiger partial charge in [0.1, 0.15) is 0 Å². The Morgan fingerprint density at radius 3 is 2.29 bits per heavy atom. The summed E-state index contributed by atoms with van der Waals surface area (Å²) in [5.74, 6) is 0.890. The molecule has 21 heavy (non-hydrogen) atoms. The molecular weight excluding hydrogens is 315 g/mol. The molecule has 0 saturated carbocycles. The van der Waals surface area contributed by atoms with E-state index in [2.05, 4.69) is 20.1 Å². The highest BCUT2D eigenvalue weighted by molar-refractivity contribution is 6.31. The van der Waals surface area contributed by atoms with Crippen LogP contribution in [0.4, 0.5) is 5.95 Å². The maximum absolute atomic E-state index is 6.16. The van der Waals surface area contributed by atoms with Crippen molar-refractivity contribution in [1.82, 2.24) is 24.7 Å². The minimum Gasteiger partial charge on any atom is -0.378 e. The van der Waals surface area contributed by atoms with E-state index in [-0.39, 0.29) is 5.28 Å². The van der Waals surface area contributed by atoms with E-state index in [1.54, 1.807) is 4.68 Å². The predicted molar refractivity (Wildman–Crippen MR) is 79.5 cm³/mol. The summed E-state index contributed by atoms with van der Waals surface area (Å²) in [4.78, 5) is 14.8. The van der Waals surface area contributed by atoms with E-state index < -0.39 is 0 Å². The van der Waals surface area contributed by atoms with E-state index in [9.17, 15) is 0 Å². The lowest BCUT2D eigenvalue weighted by molar-refractivity contribution is 0.122. The molecule has 7 nitrogen and oxygen atoms in total. The SMILES string of the molecule is Cc1nn(-c2nc(Cl)nc(N3CCOCC3)n2)c(C)c1Cl. The summed E-state index contributed by atoms with van der Waals surface area (Å²) in [6.07, 6.45) is 0. The molecule has 112 valence electrons. The first-order chi connectivity index (χ1) is 10.1. The van der Waals surface area contributed by atoms with Gasteiger partial charge in [-0.05, 0) is 25.4 Å². The number of morpholine rings is 1. The van der Waals surface area contributed by atoms with Gasteiger partial charge in [-0.2, -0.15) is 20.1 Å². The zero-order chi connectivity index (χ0) is 15.0. The van der Waals surface area contributed by atoms with Gasteiger partial charge in [-0.3, -0.25) is 0 Å². The maximum Gasteiger partial charge on any atom is 0.256 e. The van der Waals surface area contributed by atoms with Gasteiger partial charge in [0.25, 0.3) is 5.95 Å². The lowest BCUT2D eigenvalue weighted by Crippen LogP contribution is -2.37. The van der Waals surface area contributed by atoms with Gasteiger partial charge in [-0.15, -0.1) is 0 Å². The molecule has 0 unspecified atom stereocenters. The van der Waals surface area contributed by atoms with Crippen LogP contribution in [0.5, 0.6) is 0 Å². The molecule has 0 atom stereocenters.